The third-order valence-corrected chi connectivity index (χ3v) is 4.20. The van der Waals surface area contributed by atoms with Gasteiger partial charge in [0.05, 0.1) is 6.61 Å². The number of rotatable bonds is 7. The number of carbonyl (C=O) groups excluding carboxylic acids is 1. The summed E-state index contributed by atoms with van der Waals surface area (Å²) in [5.74, 6) is -0.565. The molecule has 2 nitrogen and oxygen atoms in total. The summed E-state index contributed by atoms with van der Waals surface area (Å²) in [6, 6.07) is 29.9. The quantitative estimate of drug-likeness (QED) is 0.450. The highest BCUT2D eigenvalue weighted by molar-refractivity contribution is 5.82. The van der Waals surface area contributed by atoms with Gasteiger partial charge in [-0.2, -0.15) is 0 Å². The highest BCUT2D eigenvalue weighted by Gasteiger charge is 2.23. The van der Waals surface area contributed by atoms with Crippen LogP contribution in [0, 0.1) is 0 Å². The van der Waals surface area contributed by atoms with E-state index in [2.05, 4.69) is 12.1 Å². The van der Waals surface area contributed by atoms with Gasteiger partial charge in [0.1, 0.15) is 5.92 Å². The van der Waals surface area contributed by atoms with Crippen LogP contribution in [0.1, 0.15) is 29.0 Å². The number of hydrogen-bond donors (Lipinski definition) is 0. The second-order valence-corrected chi connectivity index (χ2v) is 6.01. The molecular formula is C23H22O2. The van der Waals surface area contributed by atoms with E-state index >= 15 is 0 Å². The van der Waals surface area contributed by atoms with E-state index in [4.69, 9.17) is 4.74 Å². The number of hydrogen-bond acceptors (Lipinski definition) is 2. The van der Waals surface area contributed by atoms with E-state index in [9.17, 15) is 4.79 Å². The van der Waals surface area contributed by atoms with E-state index < -0.39 is 0 Å². The molecule has 0 heterocycles. The predicted molar refractivity (Wildman–Crippen MR) is 100 cm³/mol. The zero-order valence-electron chi connectivity index (χ0n) is 14.2. The summed E-state index contributed by atoms with van der Waals surface area (Å²) >= 11 is 0. The molecule has 0 aliphatic rings. The molecule has 0 aliphatic carbocycles. The van der Waals surface area contributed by atoms with Crippen LogP contribution in [0.2, 0.25) is 0 Å². The Morgan fingerprint density at radius 3 is 1.72 bits per heavy atom. The zero-order valence-corrected chi connectivity index (χ0v) is 14.2. The molecule has 0 bridgehead atoms. The first-order chi connectivity index (χ1) is 12.3. The van der Waals surface area contributed by atoms with Crippen LogP contribution in [-0.4, -0.2) is 12.6 Å². The second-order valence-electron chi connectivity index (χ2n) is 6.01. The van der Waals surface area contributed by atoms with Gasteiger partial charge in [0.15, 0.2) is 0 Å². The van der Waals surface area contributed by atoms with Gasteiger partial charge in [-0.25, -0.2) is 0 Å². The maximum absolute atomic E-state index is 12.7. The van der Waals surface area contributed by atoms with E-state index in [1.807, 2.05) is 78.9 Å². The Labute approximate surface area is 149 Å². The predicted octanol–water partition coefficient (Wildman–Crippen LogP) is 4.99. The number of esters is 1. The van der Waals surface area contributed by atoms with Crippen molar-refractivity contribution in [2.24, 2.45) is 0 Å². The van der Waals surface area contributed by atoms with Crippen molar-refractivity contribution in [1.29, 1.82) is 0 Å². The number of aryl methyl sites for hydroxylation is 1. The van der Waals surface area contributed by atoms with E-state index in [0.717, 1.165) is 24.0 Å². The fourth-order valence-electron chi connectivity index (χ4n) is 2.93. The van der Waals surface area contributed by atoms with E-state index in [-0.39, 0.29) is 11.9 Å². The number of ether oxygens (including phenoxy) is 1. The lowest BCUT2D eigenvalue weighted by Gasteiger charge is -2.17. The summed E-state index contributed by atoms with van der Waals surface area (Å²) in [6.07, 6.45) is 1.74. The van der Waals surface area contributed by atoms with Crippen LogP contribution in [0.15, 0.2) is 91.0 Å². The zero-order chi connectivity index (χ0) is 17.3. The van der Waals surface area contributed by atoms with Crippen molar-refractivity contribution >= 4 is 5.97 Å². The second kappa shape index (κ2) is 8.84. The maximum atomic E-state index is 12.7. The Bertz CT molecular complexity index is 727. The van der Waals surface area contributed by atoms with Crippen LogP contribution >= 0.6 is 0 Å². The number of carbonyl (C=O) groups is 1. The van der Waals surface area contributed by atoms with Crippen LogP contribution in [0.3, 0.4) is 0 Å². The lowest BCUT2D eigenvalue weighted by Crippen LogP contribution is -2.18. The van der Waals surface area contributed by atoms with Crippen molar-refractivity contribution in [3.63, 3.8) is 0 Å². The third-order valence-electron chi connectivity index (χ3n) is 4.20. The molecule has 0 N–H and O–H groups in total. The minimum atomic E-state index is -0.376. The molecule has 126 valence electrons. The summed E-state index contributed by atoms with van der Waals surface area (Å²) < 4.78 is 5.60. The van der Waals surface area contributed by atoms with Crippen LogP contribution in [0.5, 0.6) is 0 Å². The van der Waals surface area contributed by atoms with Gasteiger partial charge in [-0.15, -0.1) is 0 Å². The van der Waals surface area contributed by atoms with Crippen molar-refractivity contribution in [1.82, 2.24) is 0 Å². The number of benzene rings is 3. The van der Waals surface area contributed by atoms with E-state index in [1.165, 1.54) is 5.56 Å². The first-order valence-corrected chi connectivity index (χ1v) is 8.65. The largest absolute Gasteiger partial charge is 0.465 e. The molecule has 0 aromatic heterocycles. The average Bonchev–Trinajstić information content (AvgIpc) is 2.68. The standard InChI is InChI=1S/C23H22O2/c24-23(25-18-10-13-19-11-4-1-5-12-19)22(20-14-6-2-7-15-20)21-16-8-3-9-17-21/h1-9,11-12,14-17,22H,10,13,18H2. The molecule has 0 spiro atoms. The smallest absolute Gasteiger partial charge is 0.317 e. The highest BCUT2D eigenvalue weighted by Crippen LogP contribution is 2.26. The van der Waals surface area contributed by atoms with Gasteiger partial charge < -0.3 is 4.74 Å². The first kappa shape index (κ1) is 17.0. The van der Waals surface area contributed by atoms with Gasteiger partial charge in [-0.1, -0.05) is 91.0 Å². The molecule has 0 unspecified atom stereocenters. The Morgan fingerprint density at radius 2 is 1.20 bits per heavy atom. The van der Waals surface area contributed by atoms with Crippen LogP contribution in [-0.2, 0) is 16.0 Å². The first-order valence-electron chi connectivity index (χ1n) is 8.65. The van der Waals surface area contributed by atoms with E-state index in [0.29, 0.717) is 6.61 Å². The summed E-state index contributed by atoms with van der Waals surface area (Å²) in [5.41, 5.74) is 3.18. The molecular weight excluding hydrogens is 308 g/mol. The molecule has 25 heavy (non-hydrogen) atoms. The summed E-state index contributed by atoms with van der Waals surface area (Å²) in [7, 11) is 0. The van der Waals surface area contributed by atoms with Crippen molar-refractivity contribution in [2.75, 3.05) is 6.61 Å². The molecule has 2 heteroatoms. The van der Waals surface area contributed by atoms with Crippen LogP contribution in [0.4, 0.5) is 0 Å². The molecule has 0 atom stereocenters. The molecule has 0 radical (unpaired) electrons. The van der Waals surface area contributed by atoms with Crippen molar-refractivity contribution < 1.29 is 9.53 Å². The minimum absolute atomic E-state index is 0.189. The van der Waals surface area contributed by atoms with Crippen molar-refractivity contribution in [2.45, 2.75) is 18.8 Å². The normalized spacial score (nSPS) is 10.6. The van der Waals surface area contributed by atoms with Gasteiger partial charge in [-0.05, 0) is 29.5 Å². The fourth-order valence-corrected chi connectivity index (χ4v) is 2.93. The fraction of sp³-hybridized carbons (Fsp3) is 0.174. The van der Waals surface area contributed by atoms with Gasteiger partial charge >= 0.3 is 5.97 Å². The van der Waals surface area contributed by atoms with Gasteiger partial charge in [-0.3, -0.25) is 4.79 Å². The van der Waals surface area contributed by atoms with Crippen LogP contribution in [0.25, 0.3) is 0 Å². The Kier molecular flexibility index (Phi) is 6.00. The Morgan fingerprint density at radius 1 is 0.720 bits per heavy atom. The Balaban J connectivity index is 1.64. The molecule has 3 aromatic carbocycles. The van der Waals surface area contributed by atoms with Gasteiger partial charge in [0.2, 0.25) is 0 Å². The lowest BCUT2D eigenvalue weighted by atomic mass is 9.91. The van der Waals surface area contributed by atoms with Crippen molar-refractivity contribution in [3.8, 4) is 0 Å². The van der Waals surface area contributed by atoms with E-state index in [1.54, 1.807) is 0 Å². The monoisotopic (exact) mass is 330 g/mol. The molecule has 0 saturated carbocycles. The molecule has 0 fully saturated rings. The minimum Gasteiger partial charge on any atom is -0.465 e. The summed E-state index contributed by atoms with van der Waals surface area (Å²) in [6.45, 7) is 0.434. The highest BCUT2D eigenvalue weighted by atomic mass is 16.5. The van der Waals surface area contributed by atoms with Crippen molar-refractivity contribution in [3.05, 3.63) is 108 Å². The molecule has 0 amide bonds. The average molecular weight is 330 g/mol. The Hall–Kier alpha value is -2.87. The van der Waals surface area contributed by atoms with Crippen LogP contribution < -0.4 is 0 Å². The molecule has 3 aromatic rings. The van der Waals surface area contributed by atoms with Gasteiger partial charge in [0, 0.05) is 0 Å². The SMILES string of the molecule is O=C(OCCCc1ccccc1)C(c1ccccc1)c1ccccc1. The summed E-state index contributed by atoms with van der Waals surface area (Å²) in [5, 5.41) is 0. The van der Waals surface area contributed by atoms with Gasteiger partial charge in [0.25, 0.3) is 0 Å². The molecule has 0 saturated heterocycles. The summed E-state index contributed by atoms with van der Waals surface area (Å²) in [4.78, 5) is 12.7. The lowest BCUT2D eigenvalue weighted by molar-refractivity contribution is -0.144. The molecule has 3 rings (SSSR count). The molecule has 0 aliphatic heterocycles. The maximum Gasteiger partial charge on any atom is 0.317 e. The topological polar surface area (TPSA) is 26.3 Å². The third kappa shape index (κ3) is 4.80.